The van der Waals surface area contributed by atoms with E-state index < -0.39 is 0 Å². The highest BCUT2D eigenvalue weighted by atomic mass is 16.3. The van der Waals surface area contributed by atoms with Crippen molar-refractivity contribution in [3.05, 3.63) is 257 Å². The van der Waals surface area contributed by atoms with E-state index in [0.29, 0.717) is 5.92 Å². The summed E-state index contributed by atoms with van der Waals surface area (Å²) in [5.74, 6) is 0.473. The molecule has 84 heavy (non-hydrogen) atoms. The maximum Gasteiger partial charge on any atom is 0.143 e. The molecule has 2 unspecified atom stereocenters. The summed E-state index contributed by atoms with van der Waals surface area (Å²) in [5.41, 5.74) is 29.5. The average molecular weight is 1090 g/mol. The molecule has 6 heterocycles. The molecule has 6 aliphatic rings. The quantitative estimate of drug-likeness (QED) is 0.176. The first kappa shape index (κ1) is 49.7. The maximum atomic E-state index is 6.57. The van der Waals surface area contributed by atoms with E-state index in [-0.39, 0.29) is 27.1 Å². The van der Waals surface area contributed by atoms with Crippen molar-refractivity contribution in [3.63, 3.8) is 0 Å². The third-order valence-corrected chi connectivity index (χ3v) is 21.7. The van der Waals surface area contributed by atoms with Gasteiger partial charge < -0.3 is 18.8 Å². The number of nitrogens with zero attached hydrogens (tertiary/aromatic N) is 3. The first-order valence-corrected chi connectivity index (χ1v) is 30.5. The zero-order chi connectivity index (χ0) is 57.1. The van der Waals surface area contributed by atoms with Crippen LogP contribution in [0.15, 0.2) is 228 Å². The van der Waals surface area contributed by atoms with Crippen LogP contribution < -0.4 is 9.80 Å². The topological polar surface area (TPSA) is 24.6 Å². The molecule has 0 amide bonds. The van der Waals surface area contributed by atoms with Crippen molar-refractivity contribution in [2.45, 2.75) is 104 Å². The molecule has 4 nitrogen and oxygen atoms in total. The predicted molar refractivity (Wildman–Crippen MR) is 352 cm³/mol. The third kappa shape index (κ3) is 6.39. The fourth-order valence-corrected chi connectivity index (χ4v) is 16.6. The fraction of sp³-hybridized carbons (Fsp3) is 0.225. The highest BCUT2D eigenvalue weighted by molar-refractivity contribution is 6.13. The Morgan fingerprint density at radius 2 is 1.04 bits per heavy atom. The molecule has 0 fully saturated rings. The van der Waals surface area contributed by atoms with Crippen molar-refractivity contribution in [1.82, 2.24) is 4.57 Å². The second kappa shape index (κ2) is 16.7. The second-order valence-electron chi connectivity index (χ2n) is 27.6. The van der Waals surface area contributed by atoms with Gasteiger partial charge in [0.15, 0.2) is 0 Å². The van der Waals surface area contributed by atoms with Gasteiger partial charge in [-0.3, -0.25) is 0 Å². The summed E-state index contributed by atoms with van der Waals surface area (Å²) in [7, 11) is 0. The Morgan fingerprint density at radius 1 is 0.476 bits per heavy atom. The van der Waals surface area contributed by atoms with Gasteiger partial charge in [-0.2, -0.15) is 0 Å². The van der Waals surface area contributed by atoms with Crippen LogP contribution in [-0.4, -0.2) is 4.57 Å². The number of allylic oxidation sites excluding steroid dienone is 8. The van der Waals surface area contributed by atoms with E-state index in [1.807, 2.05) is 6.07 Å². The maximum absolute atomic E-state index is 6.57. The molecule has 2 atom stereocenters. The summed E-state index contributed by atoms with van der Waals surface area (Å²) in [6.07, 6.45) is 13.9. The lowest BCUT2D eigenvalue weighted by molar-refractivity contribution is 0.208. The summed E-state index contributed by atoms with van der Waals surface area (Å²) >= 11 is 0. The molecule has 9 aromatic carbocycles. The summed E-state index contributed by atoms with van der Waals surface area (Å²) in [5, 5.41) is 4.76. The molecule has 4 aliphatic heterocycles. The number of para-hydroxylation sites is 4. The first-order valence-electron chi connectivity index (χ1n) is 30.5. The molecule has 11 aromatic rings. The number of rotatable bonds is 4. The van der Waals surface area contributed by atoms with Gasteiger partial charge >= 0.3 is 0 Å². The number of anilines is 4. The van der Waals surface area contributed by atoms with E-state index in [0.717, 1.165) is 51.6 Å². The predicted octanol–water partition coefficient (Wildman–Crippen LogP) is 21.5. The van der Waals surface area contributed by atoms with Crippen molar-refractivity contribution < 1.29 is 4.42 Å². The third-order valence-electron chi connectivity index (χ3n) is 21.7. The molecule has 17 rings (SSSR count). The van der Waals surface area contributed by atoms with Crippen molar-refractivity contribution in [2.24, 2.45) is 11.3 Å². The summed E-state index contributed by atoms with van der Waals surface area (Å²) in [6.45, 7) is 24.6. The molecule has 0 radical (unpaired) electrons. The smallest absolute Gasteiger partial charge is 0.143 e. The summed E-state index contributed by atoms with van der Waals surface area (Å²) < 4.78 is 9.07. The van der Waals surface area contributed by atoms with Gasteiger partial charge in [-0.25, -0.2) is 0 Å². The molecule has 2 aliphatic carbocycles. The standard InChI is InChI=1S/C80H69N3O/c1-47-29-36-61-70(40-47)82-68-25-14-12-23-59(68)76(2,3)62-43-51(44-63(73(62)82)78(61,6)7)49-32-37-66-57(41-49)58-42-50(33-38-67(58)81(66)53-34-30-48(31-35-53)54-21-19-22-56-55-20-11-16-27-71(55)84-75(54)56)52-45-64-74-65(46-52)79(8,9)80(10)39-18-17-28-72(80)83(74)69-26-15-13-24-60(69)77(64,4)5/h11-38,41-47H,39-40H2,1-10H3. The van der Waals surface area contributed by atoms with E-state index in [9.17, 15) is 0 Å². The molecule has 0 spiro atoms. The van der Waals surface area contributed by atoms with Crippen LogP contribution in [0.4, 0.5) is 22.7 Å². The van der Waals surface area contributed by atoms with E-state index in [2.05, 4.69) is 284 Å². The first-order chi connectivity index (χ1) is 40.4. The van der Waals surface area contributed by atoms with Gasteiger partial charge in [-0.05, 0) is 170 Å². The second-order valence-corrected chi connectivity index (χ2v) is 27.6. The highest BCUT2D eigenvalue weighted by Crippen LogP contribution is 2.66. The van der Waals surface area contributed by atoms with Gasteiger partial charge in [0, 0.05) is 82.6 Å². The normalized spacial score (nSPS) is 20.6. The van der Waals surface area contributed by atoms with Crippen molar-refractivity contribution in [1.29, 1.82) is 0 Å². The minimum Gasteiger partial charge on any atom is -0.455 e. The average Bonchev–Trinajstić information content (AvgIpc) is 1.27. The molecular weight excluding hydrogens is 1020 g/mol. The number of hydrogen-bond acceptors (Lipinski definition) is 3. The fourth-order valence-electron chi connectivity index (χ4n) is 16.6. The van der Waals surface area contributed by atoms with Crippen LogP contribution in [0.25, 0.3) is 82.8 Å². The molecule has 4 heteroatoms. The molecule has 0 saturated carbocycles. The van der Waals surface area contributed by atoms with Crippen molar-refractivity contribution in [2.75, 3.05) is 9.80 Å². The lowest BCUT2D eigenvalue weighted by Gasteiger charge is -2.58. The minimum atomic E-state index is -0.237. The van der Waals surface area contributed by atoms with Gasteiger partial charge in [0.1, 0.15) is 11.2 Å². The summed E-state index contributed by atoms with van der Waals surface area (Å²) in [4.78, 5) is 5.30. The molecule has 2 aromatic heterocycles. The Kier molecular flexibility index (Phi) is 9.88. The van der Waals surface area contributed by atoms with Gasteiger partial charge in [0.2, 0.25) is 0 Å². The minimum absolute atomic E-state index is 0.118. The lowest BCUT2D eigenvalue weighted by Crippen LogP contribution is -2.52. The molecule has 410 valence electrons. The Morgan fingerprint density at radius 3 is 1.70 bits per heavy atom. The van der Waals surface area contributed by atoms with Gasteiger partial charge in [-0.1, -0.05) is 191 Å². The number of hydrogen-bond donors (Lipinski definition) is 0. The molecule has 0 N–H and O–H groups in total. The van der Waals surface area contributed by atoms with Crippen LogP contribution in [-0.2, 0) is 21.7 Å². The summed E-state index contributed by atoms with van der Waals surface area (Å²) in [6, 6.07) is 67.2. The SMILES string of the molecule is CC1C=CC2=C(C1)N1c3ccccc3C(C)(C)c3cc(-c4ccc5c(c4)c4cc(-c6cc7c8c(c6)C(C)(C)C6(C)CC=CC=C6N8c6ccccc6C7(C)C)ccc4n5-c4ccc(-c5cccc6c5oc5ccccc56)cc4)cc(c31)C2(C)C. The molecule has 0 saturated heterocycles. The Hall–Kier alpha value is -8.86. The highest BCUT2D eigenvalue weighted by Gasteiger charge is 2.56. The number of benzene rings is 9. The van der Waals surface area contributed by atoms with Crippen molar-refractivity contribution >= 4 is 66.5 Å². The van der Waals surface area contributed by atoms with E-state index >= 15 is 0 Å². The van der Waals surface area contributed by atoms with Crippen molar-refractivity contribution in [3.8, 4) is 39.1 Å². The van der Waals surface area contributed by atoms with Crippen LogP contribution in [0, 0.1) is 11.3 Å². The molecule has 0 bridgehead atoms. The van der Waals surface area contributed by atoms with Crippen LogP contribution in [0.2, 0.25) is 0 Å². The zero-order valence-corrected chi connectivity index (χ0v) is 49.9. The largest absolute Gasteiger partial charge is 0.455 e. The number of aromatic nitrogens is 1. The zero-order valence-electron chi connectivity index (χ0n) is 49.9. The van der Waals surface area contributed by atoms with Crippen LogP contribution in [0.5, 0.6) is 0 Å². The monoisotopic (exact) mass is 1090 g/mol. The van der Waals surface area contributed by atoms with Crippen LogP contribution >= 0.6 is 0 Å². The van der Waals surface area contributed by atoms with E-state index in [4.69, 9.17) is 4.42 Å². The Bertz CT molecular complexity index is 4880. The molecular formula is C80H69N3O. The van der Waals surface area contributed by atoms with E-state index in [1.165, 1.54) is 117 Å². The van der Waals surface area contributed by atoms with Crippen LogP contribution in [0.3, 0.4) is 0 Å². The Labute approximate surface area is 493 Å². The number of furan rings is 1. The van der Waals surface area contributed by atoms with E-state index in [1.54, 1.807) is 0 Å². The van der Waals surface area contributed by atoms with Gasteiger partial charge in [-0.15, -0.1) is 0 Å². The van der Waals surface area contributed by atoms with Gasteiger partial charge in [0.05, 0.1) is 22.4 Å². The Balaban J connectivity index is 0.883. The lowest BCUT2D eigenvalue weighted by atomic mass is 9.54. The van der Waals surface area contributed by atoms with Gasteiger partial charge in [0.25, 0.3) is 0 Å². The van der Waals surface area contributed by atoms with Crippen LogP contribution in [0.1, 0.15) is 115 Å². The number of fused-ring (bicyclic) bond motifs is 13.